The summed E-state index contributed by atoms with van der Waals surface area (Å²) in [7, 11) is 0. The Morgan fingerprint density at radius 3 is 2.64 bits per heavy atom. The van der Waals surface area contributed by atoms with Crippen LogP contribution in [-0.4, -0.2) is 63.5 Å². The molecule has 0 N–H and O–H groups in total. The molecule has 0 spiro atoms. The topological polar surface area (TPSA) is 61.9 Å². The number of nitrogens with zero attached hydrogens (tertiary/aromatic N) is 4. The predicted octanol–water partition coefficient (Wildman–Crippen LogP) is 1.55. The Bertz CT molecular complexity index is 588. The van der Waals surface area contributed by atoms with Gasteiger partial charge in [-0.25, -0.2) is 0 Å². The number of aliphatic imine (C=N–C) groups is 1. The minimum absolute atomic E-state index is 0.120. The second-order valence-corrected chi connectivity index (χ2v) is 8.11. The minimum atomic E-state index is 0.120. The molecule has 0 radical (unpaired) electrons. The third-order valence-electron chi connectivity index (χ3n) is 3.87. The van der Waals surface area contributed by atoms with Crippen molar-refractivity contribution < 1.29 is 9.32 Å². The molecule has 0 saturated carbocycles. The van der Waals surface area contributed by atoms with Crippen LogP contribution in [0.4, 0.5) is 0 Å². The van der Waals surface area contributed by atoms with E-state index in [9.17, 15) is 4.79 Å². The second kappa shape index (κ2) is 5.95. The van der Waals surface area contributed by atoms with Crippen molar-refractivity contribution in [3.05, 3.63) is 17.5 Å². The molecule has 0 unspecified atom stereocenters. The predicted molar refractivity (Wildman–Crippen MR) is 87.1 cm³/mol. The van der Waals surface area contributed by atoms with Gasteiger partial charge in [0.2, 0.25) is 5.91 Å². The Labute approximate surface area is 134 Å². The zero-order chi connectivity index (χ0) is 15.7. The summed E-state index contributed by atoms with van der Waals surface area (Å²) in [5.74, 6) is 0.862. The summed E-state index contributed by atoms with van der Waals surface area (Å²) >= 11 is 1.84. The van der Waals surface area contributed by atoms with E-state index in [1.54, 1.807) is 0 Å². The smallest absolute Gasteiger partial charge is 0.228 e. The third-order valence-corrected chi connectivity index (χ3v) is 5.13. The highest BCUT2D eigenvalue weighted by Gasteiger charge is 2.32. The summed E-state index contributed by atoms with van der Waals surface area (Å²) in [6, 6.07) is 1.82. The number of aryl methyl sites for hydroxylation is 1. The Morgan fingerprint density at radius 1 is 1.36 bits per heavy atom. The number of rotatable bonds is 2. The van der Waals surface area contributed by atoms with Crippen LogP contribution in [0.2, 0.25) is 0 Å². The van der Waals surface area contributed by atoms with Gasteiger partial charge in [-0.15, -0.1) is 0 Å². The first-order valence-corrected chi connectivity index (χ1v) is 8.43. The summed E-state index contributed by atoms with van der Waals surface area (Å²) < 4.78 is 5.21. The molecule has 0 bridgehead atoms. The maximum Gasteiger partial charge on any atom is 0.228 e. The molecule has 2 aliphatic rings. The van der Waals surface area contributed by atoms with E-state index in [0.717, 1.165) is 43.7 Å². The molecule has 1 aromatic heterocycles. The zero-order valence-electron chi connectivity index (χ0n) is 13.3. The summed E-state index contributed by atoms with van der Waals surface area (Å²) in [6.45, 7) is 10.3. The molecule has 0 atom stereocenters. The molecule has 3 heterocycles. The van der Waals surface area contributed by atoms with Gasteiger partial charge >= 0.3 is 0 Å². The Morgan fingerprint density at radius 2 is 2.09 bits per heavy atom. The third kappa shape index (κ3) is 3.45. The number of thioether (sulfide) groups is 1. The van der Waals surface area contributed by atoms with Crippen LogP contribution in [0.1, 0.15) is 25.3 Å². The van der Waals surface area contributed by atoms with E-state index in [1.807, 2.05) is 29.7 Å². The number of aromatic nitrogens is 1. The number of carbonyl (C=O) groups excluding carboxylic acids is 1. The van der Waals surface area contributed by atoms with Crippen LogP contribution in [0.25, 0.3) is 0 Å². The van der Waals surface area contributed by atoms with E-state index in [0.29, 0.717) is 12.1 Å². The molecular weight excluding hydrogens is 300 g/mol. The van der Waals surface area contributed by atoms with Gasteiger partial charge in [0.05, 0.1) is 18.7 Å². The molecule has 22 heavy (non-hydrogen) atoms. The number of hydrogen-bond acceptors (Lipinski definition) is 6. The average Bonchev–Trinajstić information content (AvgIpc) is 3.04. The van der Waals surface area contributed by atoms with Crippen LogP contribution in [0, 0.1) is 6.92 Å². The van der Waals surface area contributed by atoms with Crippen LogP contribution in [0.5, 0.6) is 0 Å². The van der Waals surface area contributed by atoms with Crippen molar-refractivity contribution in [2.24, 2.45) is 4.99 Å². The normalized spacial score (nSPS) is 21.1. The lowest BCUT2D eigenvalue weighted by Gasteiger charge is -2.36. The molecule has 0 aliphatic carbocycles. The molecule has 1 saturated heterocycles. The van der Waals surface area contributed by atoms with Gasteiger partial charge in [0.15, 0.2) is 5.17 Å². The summed E-state index contributed by atoms with van der Waals surface area (Å²) in [5.41, 5.74) is 0.711. The van der Waals surface area contributed by atoms with Crippen molar-refractivity contribution in [1.82, 2.24) is 15.0 Å². The highest BCUT2D eigenvalue weighted by molar-refractivity contribution is 8.15. The Balaban J connectivity index is 1.50. The first-order valence-electron chi connectivity index (χ1n) is 7.61. The standard InChI is InChI=1S/C15H22N4O2S/c1-11-8-12(17-21-11)9-13(20)18-4-6-19(7-5-18)14-16-10-15(2,3)22-14/h8H,4-7,9-10H2,1-3H3. The molecule has 1 fully saturated rings. The highest BCUT2D eigenvalue weighted by Crippen LogP contribution is 2.33. The maximum atomic E-state index is 12.3. The van der Waals surface area contributed by atoms with E-state index in [1.165, 1.54) is 0 Å². The monoisotopic (exact) mass is 322 g/mol. The van der Waals surface area contributed by atoms with Crippen molar-refractivity contribution in [2.75, 3.05) is 32.7 Å². The van der Waals surface area contributed by atoms with Gasteiger partial charge in [0.25, 0.3) is 0 Å². The molecule has 1 amide bonds. The highest BCUT2D eigenvalue weighted by atomic mass is 32.2. The van der Waals surface area contributed by atoms with Gasteiger partial charge in [-0.1, -0.05) is 16.9 Å². The maximum absolute atomic E-state index is 12.3. The van der Waals surface area contributed by atoms with Crippen molar-refractivity contribution in [3.8, 4) is 0 Å². The average molecular weight is 322 g/mol. The first-order chi connectivity index (χ1) is 10.4. The van der Waals surface area contributed by atoms with E-state index >= 15 is 0 Å². The van der Waals surface area contributed by atoms with Crippen molar-refractivity contribution in [2.45, 2.75) is 31.9 Å². The molecular formula is C15H22N4O2S. The van der Waals surface area contributed by atoms with Gasteiger partial charge in [-0.3, -0.25) is 9.79 Å². The fraction of sp³-hybridized carbons (Fsp3) is 0.667. The molecule has 2 aliphatic heterocycles. The number of amides is 1. The Hall–Kier alpha value is -1.50. The SMILES string of the molecule is Cc1cc(CC(=O)N2CCN(C3=NCC(C)(C)S3)CC2)no1. The molecule has 3 rings (SSSR count). The first kappa shape index (κ1) is 15.4. The van der Waals surface area contributed by atoms with E-state index in [-0.39, 0.29) is 10.7 Å². The van der Waals surface area contributed by atoms with Gasteiger partial charge in [-0.05, 0) is 20.8 Å². The van der Waals surface area contributed by atoms with Gasteiger partial charge in [0, 0.05) is 37.0 Å². The van der Waals surface area contributed by atoms with Crippen LogP contribution in [0.3, 0.4) is 0 Å². The number of carbonyl (C=O) groups is 1. The second-order valence-electron chi connectivity index (χ2n) is 6.43. The lowest BCUT2D eigenvalue weighted by atomic mass is 10.2. The van der Waals surface area contributed by atoms with Crippen LogP contribution < -0.4 is 0 Å². The van der Waals surface area contributed by atoms with Gasteiger partial charge in [0.1, 0.15) is 5.76 Å². The van der Waals surface area contributed by atoms with Crippen LogP contribution in [-0.2, 0) is 11.2 Å². The number of piperazine rings is 1. The molecule has 120 valence electrons. The molecule has 6 nitrogen and oxygen atoms in total. The number of amidine groups is 1. The van der Waals surface area contributed by atoms with E-state index < -0.39 is 0 Å². The lowest BCUT2D eigenvalue weighted by Crippen LogP contribution is -2.50. The van der Waals surface area contributed by atoms with E-state index in [2.05, 4.69) is 28.9 Å². The van der Waals surface area contributed by atoms with E-state index in [4.69, 9.17) is 4.52 Å². The Kier molecular flexibility index (Phi) is 4.16. The summed E-state index contributed by atoms with van der Waals surface area (Å²) in [6.07, 6.45) is 0.320. The minimum Gasteiger partial charge on any atom is -0.361 e. The number of hydrogen-bond donors (Lipinski definition) is 0. The lowest BCUT2D eigenvalue weighted by molar-refractivity contribution is -0.131. The van der Waals surface area contributed by atoms with Gasteiger partial charge < -0.3 is 14.3 Å². The largest absolute Gasteiger partial charge is 0.361 e. The summed E-state index contributed by atoms with van der Waals surface area (Å²) in [4.78, 5) is 21.1. The molecule has 0 aromatic carbocycles. The van der Waals surface area contributed by atoms with Crippen molar-refractivity contribution in [3.63, 3.8) is 0 Å². The summed E-state index contributed by atoms with van der Waals surface area (Å²) in [5, 5.41) is 5.02. The van der Waals surface area contributed by atoms with Crippen molar-refractivity contribution in [1.29, 1.82) is 0 Å². The van der Waals surface area contributed by atoms with Gasteiger partial charge in [-0.2, -0.15) is 0 Å². The van der Waals surface area contributed by atoms with Crippen molar-refractivity contribution >= 4 is 22.8 Å². The quantitative estimate of drug-likeness (QED) is 0.827. The van der Waals surface area contributed by atoms with Crippen LogP contribution >= 0.6 is 11.8 Å². The fourth-order valence-corrected chi connectivity index (χ4v) is 3.71. The molecule has 7 heteroatoms. The molecule has 1 aromatic rings. The van der Waals surface area contributed by atoms with Crippen LogP contribution in [0.15, 0.2) is 15.6 Å². The fourth-order valence-electron chi connectivity index (χ4n) is 2.65. The zero-order valence-corrected chi connectivity index (χ0v) is 14.2.